The van der Waals surface area contributed by atoms with Crippen LogP contribution in [0.2, 0.25) is 0 Å². The normalized spacial score (nSPS) is 13.9. The number of thioether (sulfide) groups is 1. The molecule has 6 nitrogen and oxygen atoms in total. The van der Waals surface area contributed by atoms with E-state index in [9.17, 15) is 9.59 Å². The van der Waals surface area contributed by atoms with E-state index in [0.29, 0.717) is 29.1 Å². The van der Waals surface area contributed by atoms with Gasteiger partial charge in [0.1, 0.15) is 0 Å². The standard InChI is InChI=1S/C28H28N4O2S/c1-20-16-21(2)18-23(17-20)32-27(34)24-10-6-7-11-25(24)29-28(32)35-19-26(33)31-14-12-30(13-15-31)22-8-4-3-5-9-22/h3-11,16-18H,12-15,19H2,1-2H3. The maximum Gasteiger partial charge on any atom is 0.266 e. The van der Waals surface area contributed by atoms with Gasteiger partial charge in [0.15, 0.2) is 5.16 Å². The topological polar surface area (TPSA) is 58.4 Å². The van der Waals surface area contributed by atoms with E-state index in [1.54, 1.807) is 10.6 Å². The predicted molar refractivity (Wildman–Crippen MR) is 143 cm³/mol. The predicted octanol–water partition coefficient (Wildman–Crippen LogP) is 4.44. The van der Waals surface area contributed by atoms with Crippen molar-refractivity contribution in [2.45, 2.75) is 19.0 Å². The highest BCUT2D eigenvalue weighted by atomic mass is 32.2. The Kier molecular flexibility index (Phi) is 6.59. The molecule has 1 aliphatic heterocycles. The van der Waals surface area contributed by atoms with Gasteiger partial charge in [-0.3, -0.25) is 14.2 Å². The van der Waals surface area contributed by atoms with Crippen molar-refractivity contribution in [2.75, 3.05) is 36.8 Å². The molecule has 0 unspecified atom stereocenters. The number of hydrogen-bond donors (Lipinski definition) is 0. The molecule has 1 fully saturated rings. The number of para-hydroxylation sites is 2. The summed E-state index contributed by atoms with van der Waals surface area (Å²) in [5.74, 6) is 0.304. The van der Waals surface area contributed by atoms with Crippen molar-refractivity contribution < 1.29 is 4.79 Å². The lowest BCUT2D eigenvalue weighted by molar-refractivity contribution is -0.128. The number of aromatic nitrogens is 2. The summed E-state index contributed by atoms with van der Waals surface area (Å²) in [5, 5.41) is 1.11. The average Bonchev–Trinajstić information content (AvgIpc) is 2.87. The van der Waals surface area contributed by atoms with Gasteiger partial charge in [-0.25, -0.2) is 4.98 Å². The second kappa shape index (κ2) is 9.96. The molecule has 178 valence electrons. The maximum absolute atomic E-state index is 13.5. The zero-order valence-electron chi connectivity index (χ0n) is 20.0. The third kappa shape index (κ3) is 4.95. The smallest absolute Gasteiger partial charge is 0.266 e. The van der Waals surface area contributed by atoms with Gasteiger partial charge in [-0.2, -0.15) is 0 Å². The van der Waals surface area contributed by atoms with Crippen molar-refractivity contribution in [1.29, 1.82) is 0 Å². The molecule has 0 radical (unpaired) electrons. The van der Waals surface area contributed by atoms with Crippen LogP contribution in [0.25, 0.3) is 16.6 Å². The van der Waals surface area contributed by atoms with E-state index in [-0.39, 0.29) is 17.2 Å². The minimum absolute atomic E-state index is 0.0668. The van der Waals surface area contributed by atoms with Gasteiger partial charge < -0.3 is 9.80 Å². The van der Waals surface area contributed by atoms with Crippen LogP contribution in [0, 0.1) is 13.8 Å². The van der Waals surface area contributed by atoms with Gasteiger partial charge >= 0.3 is 0 Å². The van der Waals surface area contributed by atoms with E-state index >= 15 is 0 Å². The Morgan fingerprint density at radius 2 is 1.51 bits per heavy atom. The molecule has 35 heavy (non-hydrogen) atoms. The molecule has 2 heterocycles. The Bertz CT molecular complexity index is 1410. The van der Waals surface area contributed by atoms with Crippen molar-refractivity contribution in [1.82, 2.24) is 14.5 Å². The van der Waals surface area contributed by atoms with Crippen LogP contribution in [0.5, 0.6) is 0 Å². The Hall–Kier alpha value is -3.58. The summed E-state index contributed by atoms with van der Waals surface area (Å²) in [6.07, 6.45) is 0. The van der Waals surface area contributed by atoms with Gasteiger partial charge in [-0.15, -0.1) is 0 Å². The summed E-state index contributed by atoms with van der Waals surface area (Å²) >= 11 is 1.33. The lowest BCUT2D eigenvalue weighted by Crippen LogP contribution is -2.49. The van der Waals surface area contributed by atoms with Crippen LogP contribution < -0.4 is 10.5 Å². The first kappa shape index (κ1) is 23.2. The number of rotatable bonds is 5. The van der Waals surface area contributed by atoms with Crippen LogP contribution in [0.3, 0.4) is 0 Å². The summed E-state index contributed by atoms with van der Waals surface area (Å²) in [6.45, 7) is 7.01. The van der Waals surface area contributed by atoms with Crippen molar-refractivity contribution in [2.24, 2.45) is 0 Å². The third-order valence-corrected chi connectivity index (χ3v) is 7.21. The second-order valence-corrected chi connectivity index (χ2v) is 9.83. The lowest BCUT2D eigenvalue weighted by atomic mass is 10.1. The van der Waals surface area contributed by atoms with Crippen LogP contribution in [-0.2, 0) is 4.79 Å². The lowest BCUT2D eigenvalue weighted by Gasteiger charge is -2.36. The molecule has 3 aromatic carbocycles. The number of anilines is 1. The van der Waals surface area contributed by atoms with Crippen molar-refractivity contribution in [3.63, 3.8) is 0 Å². The average molecular weight is 485 g/mol. The first-order valence-electron chi connectivity index (χ1n) is 11.8. The number of amides is 1. The van der Waals surface area contributed by atoms with Gasteiger partial charge in [0, 0.05) is 31.9 Å². The quantitative estimate of drug-likeness (QED) is 0.310. The number of fused-ring (bicyclic) bond motifs is 1. The van der Waals surface area contributed by atoms with Gasteiger partial charge in [-0.1, -0.05) is 48.2 Å². The van der Waals surface area contributed by atoms with Crippen LogP contribution in [0.4, 0.5) is 5.69 Å². The van der Waals surface area contributed by atoms with E-state index in [1.807, 2.05) is 67.3 Å². The number of aryl methyl sites for hydroxylation is 2. The molecule has 5 rings (SSSR count). The minimum atomic E-state index is -0.118. The van der Waals surface area contributed by atoms with E-state index < -0.39 is 0 Å². The second-order valence-electron chi connectivity index (χ2n) is 8.89. The summed E-state index contributed by atoms with van der Waals surface area (Å²) in [7, 11) is 0. The number of carbonyl (C=O) groups is 1. The van der Waals surface area contributed by atoms with E-state index in [0.717, 1.165) is 29.9 Å². The molecule has 0 bridgehead atoms. The molecule has 1 amide bonds. The zero-order valence-corrected chi connectivity index (χ0v) is 20.8. The molecule has 7 heteroatoms. The van der Waals surface area contributed by atoms with E-state index in [4.69, 9.17) is 4.98 Å². The Morgan fingerprint density at radius 1 is 0.857 bits per heavy atom. The highest BCUT2D eigenvalue weighted by Gasteiger charge is 2.22. The van der Waals surface area contributed by atoms with E-state index in [1.165, 1.54) is 17.4 Å². The van der Waals surface area contributed by atoms with Crippen LogP contribution in [0.15, 0.2) is 82.7 Å². The van der Waals surface area contributed by atoms with Gasteiger partial charge in [0.25, 0.3) is 5.56 Å². The number of benzene rings is 3. The first-order chi connectivity index (χ1) is 17.0. The molecule has 1 aliphatic rings. The first-order valence-corrected chi connectivity index (χ1v) is 12.8. The SMILES string of the molecule is Cc1cc(C)cc(-n2c(SCC(=O)N3CCN(c4ccccc4)CC3)nc3ccccc3c2=O)c1. The molecule has 0 aliphatic carbocycles. The molecule has 4 aromatic rings. The highest BCUT2D eigenvalue weighted by molar-refractivity contribution is 7.99. The summed E-state index contributed by atoms with van der Waals surface area (Å²) in [4.78, 5) is 35.6. The Labute approximate surface area is 209 Å². The third-order valence-electron chi connectivity index (χ3n) is 6.29. The number of hydrogen-bond acceptors (Lipinski definition) is 5. The molecular weight excluding hydrogens is 456 g/mol. The summed E-state index contributed by atoms with van der Waals surface area (Å²) in [6, 6.07) is 23.7. The molecule has 0 atom stereocenters. The fourth-order valence-corrected chi connectivity index (χ4v) is 5.50. The van der Waals surface area contributed by atoms with Gasteiger partial charge in [0.2, 0.25) is 5.91 Å². The van der Waals surface area contributed by atoms with Crippen LogP contribution in [0.1, 0.15) is 11.1 Å². The zero-order chi connectivity index (χ0) is 24.4. The number of piperazine rings is 1. The largest absolute Gasteiger partial charge is 0.368 e. The Morgan fingerprint density at radius 3 is 2.23 bits per heavy atom. The highest BCUT2D eigenvalue weighted by Crippen LogP contribution is 2.24. The van der Waals surface area contributed by atoms with Crippen molar-refractivity contribution in [3.8, 4) is 5.69 Å². The Balaban J connectivity index is 1.37. The maximum atomic E-state index is 13.5. The van der Waals surface area contributed by atoms with Gasteiger partial charge in [0.05, 0.1) is 22.3 Å². The number of carbonyl (C=O) groups excluding carboxylic acids is 1. The summed E-state index contributed by atoms with van der Waals surface area (Å²) in [5.41, 5.74) is 4.63. The monoisotopic (exact) mass is 484 g/mol. The molecular formula is C28H28N4O2S. The van der Waals surface area contributed by atoms with Gasteiger partial charge in [-0.05, 0) is 61.4 Å². The molecule has 1 saturated heterocycles. The van der Waals surface area contributed by atoms with E-state index in [2.05, 4.69) is 23.1 Å². The van der Waals surface area contributed by atoms with Crippen molar-refractivity contribution >= 4 is 34.3 Å². The molecule has 1 aromatic heterocycles. The fraction of sp³-hybridized carbons (Fsp3) is 0.250. The molecule has 0 saturated carbocycles. The molecule has 0 N–H and O–H groups in total. The minimum Gasteiger partial charge on any atom is -0.368 e. The molecule has 0 spiro atoms. The summed E-state index contributed by atoms with van der Waals surface area (Å²) < 4.78 is 1.65. The fourth-order valence-electron chi connectivity index (χ4n) is 4.59. The van der Waals surface area contributed by atoms with Crippen molar-refractivity contribution in [3.05, 3.63) is 94.3 Å². The van der Waals surface area contributed by atoms with Crippen LogP contribution >= 0.6 is 11.8 Å². The number of nitrogens with zero attached hydrogens (tertiary/aromatic N) is 4. The van der Waals surface area contributed by atoms with Crippen LogP contribution in [-0.4, -0.2) is 52.3 Å².